The van der Waals surface area contributed by atoms with Crippen LogP contribution in [-0.2, 0) is 11.2 Å². The summed E-state index contributed by atoms with van der Waals surface area (Å²) in [6.07, 6.45) is 1.69. The van der Waals surface area contributed by atoms with Gasteiger partial charge in [0.2, 0.25) is 0 Å². The van der Waals surface area contributed by atoms with E-state index in [1.165, 1.54) is 12.3 Å². The van der Waals surface area contributed by atoms with Crippen LogP contribution in [-0.4, -0.2) is 21.0 Å². The van der Waals surface area contributed by atoms with Crippen molar-refractivity contribution in [3.63, 3.8) is 0 Å². The van der Waals surface area contributed by atoms with Crippen molar-refractivity contribution in [3.8, 4) is 11.3 Å². The van der Waals surface area contributed by atoms with Gasteiger partial charge in [0, 0.05) is 12.0 Å². The molecule has 0 radical (unpaired) electrons. The van der Waals surface area contributed by atoms with E-state index >= 15 is 0 Å². The van der Waals surface area contributed by atoms with Crippen LogP contribution in [0.2, 0.25) is 0 Å². The second-order valence-electron chi connectivity index (χ2n) is 3.77. The first-order valence-corrected chi connectivity index (χ1v) is 5.27. The molecule has 0 saturated heterocycles. The molecule has 94 valence electrons. The van der Waals surface area contributed by atoms with Crippen LogP contribution in [0.4, 0.5) is 8.78 Å². The minimum atomic E-state index is -0.936. The normalized spacial score (nSPS) is 10.6. The van der Waals surface area contributed by atoms with E-state index in [2.05, 4.69) is 9.97 Å². The lowest BCUT2D eigenvalue weighted by Gasteiger charge is -1.98. The molecule has 1 aromatic heterocycles. The molecule has 18 heavy (non-hydrogen) atoms. The highest BCUT2D eigenvalue weighted by molar-refractivity contribution is 5.67. The summed E-state index contributed by atoms with van der Waals surface area (Å²) in [5, 5.41) is 8.53. The average Bonchev–Trinajstić information content (AvgIpc) is 2.79. The first-order valence-electron chi connectivity index (χ1n) is 5.27. The molecule has 2 aromatic rings. The van der Waals surface area contributed by atoms with Gasteiger partial charge < -0.3 is 10.1 Å². The molecule has 0 atom stereocenters. The van der Waals surface area contributed by atoms with E-state index in [0.717, 1.165) is 12.1 Å². The molecular formula is C12H10F2N2O2. The predicted octanol–water partition coefficient (Wildman–Crippen LogP) is 2.37. The van der Waals surface area contributed by atoms with Crippen LogP contribution in [0.5, 0.6) is 0 Å². The number of aliphatic carboxylic acids is 1. The Morgan fingerprint density at radius 1 is 1.33 bits per heavy atom. The molecule has 4 nitrogen and oxygen atoms in total. The molecular weight excluding hydrogens is 242 g/mol. The quantitative estimate of drug-likeness (QED) is 0.877. The maximum absolute atomic E-state index is 13.0. The molecule has 0 aliphatic heterocycles. The fourth-order valence-electron chi connectivity index (χ4n) is 1.53. The number of halogens is 2. The monoisotopic (exact) mass is 252 g/mol. The molecule has 0 amide bonds. The third-order valence-corrected chi connectivity index (χ3v) is 2.43. The van der Waals surface area contributed by atoms with Crippen molar-refractivity contribution in [2.75, 3.05) is 0 Å². The standard InChI is InChI=1S/C12H10F2N2O2/c13-8-2-1-7(5-9(8)14)10-6-15-11(16-10)3-4-12(17)18/h1-2,5-6H,3-4H2,(H,15,16)(H,17,18). The number of aryl methyl sites for hydroxylation is 1. The number of rotatable bonds is 4. The lowest BCUT2D eigenvalue weighted by molar-refractivity contribution is -0.137. The number of hydrogen-bond donors (Lipinski definition) is 2. The SMILES string of the molecule is O=C(O)CCc1ncc(-c2ccc(F)c(F)c2)[nH]1. The van der Waals surface area contributed by atoms with Crippen LogP contribution in [0.25, 0.3) is 11.3 Å². The molecule has 1 heterocycles. The van der Waals surface area contributed by atoms with Gasteiger partial charge in [-0.3, -0.25) is 4.79 Å². The fraction of sp³-hybridized carbons (Fsp3) is 0.167. The minimum Gasteiger partial charge on any atom is -0.481 e. The molecule has 0 aliphatic carbocycles. The van der Waals surface area contributed by atoms with Crippen molar-refractivity contribution in [2.24, 2.45) is 0 Å². The zero-order chi connectivity index (χ0) is 13.1. The molecule has 0 spiro atoms. The summed E-state index contributed by atoms with van der Waals surface area (Å²) in [7, 11) is 0. The summed E-state index contributed by atoms with van der Waals surface area (Å²) in [4.78, 5) is 17.2. The van der Waals surface area contributed by atoms with Gasteiger partial charge in [-0.25, -0.2) is 13.8 Å². The average molecular weight is 252 g/mol. The first-order chi connectivity index (χ1) is 8.56. The Morgan fingerprint density at radius 2 is 2.11 bits per heavy atom. The maximum atomic E-state index is 13.0. The number of hydrogen-bond acceptors (Lipinski definition) is 2. The Hall–Kier alpha value is -2.24. The molecule has 1 aromatic carbocycles. The van der Waals surface area contributed by atoms with Crippen molar-refractivity contribution >= 4 is 5.97 Å². The highest BCUT2D eigenvalue weighted by Crippen LogP contribution is 2.19. The number of benzene rings is 1. The Balaban J connectivity index is 2.18. The fourth-order valence-corrected chi connectivity index (χ4v) is 1.53. The predicted molar refractivity (Wildman–Crippen MR) is 59.9 cm³/mol. The number of carboxylic acids is 1. The van der Waals surface area contributed by atoms with Gasteiger partial charge in [0.1, 0.15) is 5.82 Å². The van der Waals surface area contributed by atoms with E-state index in [1.807, 2.05) is 0 Å². The van der Waals surface area contributed by atoms with Gasteiger partial charge in [-0.1, -0.05) is 0 Å². The molecule has 0 aliphatic rings. The lowest BCUT2D eigenvalue weighted by Crippen LogP contribution is -1.98. The summed E-state index contributed by atoms with van der Waals surface area (Å²) < 4.78 is 25.8. The van der Waals surface area contributed by atoms with Crippen molar-refractivity contribution in [1.29, 1.82) is 0 Å². The summed E-state index contributed by atoms with van der Waals surface area (Å²) in [6.45, 7) is 0. The molecule has 0 fully saturated rings. The lowest BCUT2D eigenvalue weighted by atomic mass is 10.1. The maximum Gasteiger partial charge on any atom is 0.303 e. The van der Waals surface area contributed by atoms with Gasteiger partial charge in [0.15, 0.2) is 11.6 Å². The van der Waals surface area contributed by atoms with Crippen molar-refractivity contribution < 1.29 is 18.7 Å². The molecule has 2 rings (SSSR count). The van der Waals surface area contributed by atoms with Crippen LogP contribution in [0, 0.1) is 11.6 Å². The van der Waals surface area contributed by atoms with Crippen LogP contribution in [0.3, 0.4) is 0 Å². The van der Waals surface area contributed by atoms with Crippen LogP contribution < -0.4 is 0 Å². The third-order valence-electron chi connectivity index (χ3n) is 2.43. The minimum absolute atomic E-state index is 0.0370. The number of nitrogens with one attached hydrogen (secondary N) is 1. The van der Waals surface area contributed by atoms with Crippen molar-refractivity contribution in [3.05, 3.63) is 41.9 Å². The molecule has 0 unspecified atom stereocenters. The summed E-state index contributed by atoms with van der Waals surface area (Å²) >= 11 is 0. The summed E-state index contributed by atoms with van der Waals surface area (Å²) in [5.74, 6) is -2.27. The highest BCUT2D eigenvalue weighted by Gasteiger charge is 2.08. The zero-order valence-corrected chi connectivity index (χ0v) is 9.28. The van der Waals surface area contributed by atoms with Gasteiger partial charge in [-0.05, 0) is 18.2 Å². The van der Waals surface area contributed by atoms with Gasteiger partial charge in [0.05, 0.1) is 18.3 Å². The number of H-pyrrole nitrogens is 1. The number of aromatic nitrogens is 2. The van der Waals surface area contributed by atoms with Gasteiger partial charge in [-0.15, -0.1) is 0 Å². The van der Waals surface area contributed by atoms with E-state index in [1.54, 1.807) is 0 Å². The van der Waals surface area contributed by atoms with Gasteiger partial charge in [0.25, 0.3) is 0 Å². The van der Waals surface area contributed by atoms with Gasteiger partial charge in [-0.2, -0.15) is 0 Å². The Bertz CT molecular complexity index is 581. The number of aromatic amines is 1. The number of nitrogens with zero attached hydrogens (tertiary/aromatic N) is 1. The van der Waals surface area contributed by atoms with Crippen LogP contribution in [0.15, 0.2) is 24.4 Å². The van der Waals surface area contributed by atoms with E-state index in [4.69, 9.17) is 5.11 Å². The van der Waals surface area contributed by atoms with Crippen LogP contribution in [0.1, 0.15) is 12.2 Å². The van der Waals surface area contributed by atoms with E-state index in [-0.39, 0.29) is 12.8 Å². The van der Waals surface area contributed by atoms with E-state index in [0.29, 0.717) is 17.1 Å². The number of carbonyl (C=O) groups is 1. The molecule has 0 saturated carbocycles. The van der Waals surface area contributed by atoms with E-state index in [9.17, 15) is 13.6 Å². The Morgan fingerprint density at radius 3 is 2.78 bits per heavy atom. The largest absolute Gasteiger partial charge is 0.481 e. The molecule has 6 heteroatoms. The molecule has 0 bridgehead atoms. The highest BCUT2D eigenvalue weighted by atomic mass is 19.2. The second-order valence-corrected chi connectivity index (χ2v) is 3.77. The van der Waals surface area contributed by atoms with Crippen LogP contribution >= 0.6 is 0 Å². The topological polar surface area (TPSA) is 66.0 Å². The Kier molecular flexibility index (Phi) is 3.36. The third kappa shape index (κ3) is 2.71. The first kappa shape index (κ1) is 12.2. The Labute approximate surface area is 101 Å². The number of carboxylic acid groups (broad SMARTS) is 1. The van der Waals surface area contributed by atoms with Gasteiger partial charge >= 0.3 is 5.97 Å². The second kappa shape index (κ2) is 4.95. The van der Waals surface area contributed by atoms with E-state index < -0.39 is 17.6 Å². The van der Waals surface area contributed by atoms with Crippen molar-refractivity contribution in [2.45, 2.75) is 12.8 Å². The smallest absolute Gasteiger partial charge is 0.303 e. The number of imidazole rings is 1. The molecule has 2 N–H and O–H groups in total. The van der Waals surface area contributed by atoms with Crippen molar-refractivity contribution in [1.82, 2.24) is 9.97 Å². The summed E-state index contributed by atoms with van der Waals surface area (Å²) in [5.41, 5.74) is 0.984. The zero-order valence-electron chi connectivity index (χ0n) is 9.28. The summed E-state index contributed by atoms with van der Waals surface area (Å²) in [6, 6.07) is 3.51.